The molecule has 2 nitrogen and oxygen atoms in total. The van der Waals surface area contributed by atoms with Crippen LogP contribution >= 0.6 is 0 Å². The van der Waals surface area contributed by atoms with Gasteiger partial charge >= 0.3 is 0 Å². The van der Waals surface area contributed by atoms with Crippen LogP contribution in [0.2, 0.25) is 0 Å². The van der Waals surface area contributed by atoms with Crippen LogP contribution in [0.15, 0.2) is 48.5 Å². The molecule has 112 valence electrons. The Bertz CT molecular complexity index is 571. The van der Waals surface area contributed by atoms with Crippen LogP contribution in [-0.4, -0.2) is 13.2 Å². The van der Waals surface area contributed by atoms with Crippen molar-refractivity contribution in [3.05, 3.63) is 65.5 Å². The molecule has 0 aliphatic heterocycles. The highest BCUT2D eigenvalue weighted by atomic mass is 19.1. The lowest BCUT2D eigenvalue weighted by molar-refractivity contribution is 0.339. The lowest BCUT2D eigenvalue weighted by Crippen LogP contribution is -2.24. The minimum absolute atomic E-state index is 0.161. The number of hydrogen-bond donors (Lipinski definition) is 1. The number of rotatable bonds is 7. The van der Waals surface area contributed by atoms with E-state index in [0.717, 1.165) is 24.3 Å². The third kappa shape index (κ3) is 4.05. The van der Waals surface area contributed by atoms with Gasteiger partial charge in [-0.3, -0.25) is 0 Å². The van der Waals surface area contributed by atoms with E-state index < -0.39 is 0 Å². The average Bonchev–Trinajstić information content (AvgIpc) is 2.50. The third-order valence-corrected chi connectivity index (χ3v) is 3.32. The van der Waals surface area contributed by atoms with Gasteiger partial charge in [0.15, 0.2) is 0 Å². The van der Waals surface area contributed by atoms with E-state index in [-0.39, 0.29) is 11.9 Å². The molecular weight excluding hydrogens is 265 g/mol. The van der Waals surface area contributed by atoms with Crippen molar-refractivity contribution >= 4 is 0 Å². The molecule has 0 saturated carbocycles. The standard InChI is InChI=1S/C18H22FNO/c1-3-12-20-18(16-10-5-6-11-17(16)19)14-8-7-9-15(13-14)21-4-2/h5-11,13,18,20H,3-4,12H2,1-2H3. The molecule has 0 spiro atoms. The summed E-state index contributed by atoms with van der Waals surface area (Å²) in [6.45, 7) is 5.51. The van der Waals surface area contributed by atoms with Crippen LogP contribution in [0.1, 0.15) is 37.4 Å². The van der Waals surface area contributed by atoms with Crippen molar-refractivity contribution in [3.63, 3.8) is 0 Å². The topological polar surface area (TPSA) is 21.3 Å². The molecule has 21 heavy (non-hydrogen) atoms. The largest absolute Gasteiger partial charge is 0.494 e. The van der Waals surface area contributed by atoms with Crippen LogP contribution in [0, 0.1) is 5.82 Å². The Morgan fingerprint density at radius 1 is 1.10 bits per heavy atom. The van der Waals surface area contributed by atoms with Crippen molar-refractivity contribution < 1.29 is 9.13 Å². The second-order valence-corrected chi connectivity index (χ2v) is 4.91. The van der Waals surface area contributed by atoms with Crippen molar-refractivity contribution in [1.29, 1.82) is 0 Å². The summed E-state index contributed by atoms with van der Waals surface area (Å²) < 4.78 is 19.7. The predicted octanol–water partition coefficient (Wildman–Crippen LogP) is 4.31. The number of halogens is 1. The summed E-state index contributed by atoms with van der Waals surface area (Å²) in [5.74, 6) is 0.627. The van der Waals surface area contributed by atoms with Crippen LogP contribution < -0.4 is 10.1 Å². The van der Waals surface area contributed by atoms with E-state index in [9.17, 15) is 4.39 Å². The number of ether oxygens (including phenoxy) is 1. The van der Waals surface area contributed by atoms with E-state index >= 15 is 0 Å². The van der Waals surface area contributed by atoms with Crippen LogP contribution in [0.4, 0.5) is 4.39 Å². The van der Waals surface area contributed by atoms with E-state index in [1.165, 1.54) is 6.07 Å². The van der Waals surface area contributed by atoms with Gasteiger partial charge in [0.1, 0.15) is 11.6 Å². The van der Waals surface area contributed by atoms with Crippen LogP contribution in [-0.2, 0) is 0 Å². The fourth-order valence-corrected chi connectivity index (χ4v) is 2.36. The molecule has 0 fully saturated rings. The van der Waals surface area contributed by atoms with Gasteiger partial charge in [0, 0.05) is 5.56 Å². The molecule has 0 aliphatic carbocycles. The minimum Gasteiger partial charge on any atom is -0.494 e. The molecule has 0 radical (unpaired) electrons. The van der Waals surface area contributed by atoms with Gasteiger partial charge in [-0.05, 0) is 43.7 Å². The highest BCUT2D eigenvalue weighted by molar-refractivity contribution is 5.37. The zero-order valence-corrected chi connectivity index (χ0v) is 12.6. The number of nitrogens with one attached hydrogen (secondary N) is 1. The van der Waals surface area contributed by atoms with Gasteiger partial charge < -0.3 is 10.1 Å². The summed E-state index contributed by atoms with van der Waals surface area (Å²) in [5, 5.41) is 3.42. The van der Waals surface area contributed by atoms with Crippen LogP contribution in [0.5, 0.6) is 5.75 Å². The van der Waals surface area contributed by atoms with Crippen molar-refractivity contribution in [3.8, 4) is 5.75 Å². The van der Waals surface area contributed by atoms with Crippen LogP contribution in [0.25, 0.3) is 0 Å². The SMILES string of the molecule is CCCNC(c1cccc(OCC)c1)c1ccccc1F. The molecule has 2 aromatic carbocycles. The first kappa shape index (κ1) is 15.5. The molecule has 1 N–H and O–H groups in total. The van der Waals surface area contributed by atoms with E-state index in [1.54, 1.807) is 6.07 Å². The quantitative estimate of drug-likeness (QED) is 0.819. The maximum Gasteiger partial charge on any atom is 0.128 e. The zero-order valence-electron chi connectivity index (χ0n) is 12.6. The molecule has 0 heterocycles. The molecule has 0 aliphatic rings. The minimum atomic E-state index is -0.187. The van der Waals surface area contributed by atoms with E-state index in [2.05, 4.69) is 12.2 Å². The summed E-state index contributed by atoms with van der Waals surface area (Å²) in [6, 6.07) is 14.6. The molecule has 1 atom stereocenters. The number of hydrogen-bond acceptors (Lipinski definition) is 2. The Morgan fingerprint density at radius 3 is 2.62 bits per heavy atom. The molecule has 0 amide bonds. The first-order chi connectivity index (χ1) is 10.3. The van der Waals surface area contributed by atoms with Gasteiger partial charge in [0.05, 0.1) is 12.6 Å². The maximum absolute atomic E-state index is 14.1. The Morgan fingerprint density at radius 2 is 1.90 bits per heavy atom. The fraction of sp³-hybridized carbons (Fsp3) is 0.333. The fourth-order valence-electron chi connectivity index (χ4n) is 2.36. The van der Waals surface area contributed by atoms with E-state index in [0.29, 0.717) is 12.2 Å². The van der Waals surface area contributed by atoms with Crippen molar-refractivity contribution in [2.45, 2.75) is 26.3 Å². The van der Waals surface area contributed by atoms with E-state index in [1.807, 2.05) is 43.3 Å². The highest BCUT2D eigenvalue weighted by Crippen LogP contribution is 2.27. The molecule has 3 heteroatoms. The summed E-state index contributed by atoms with van der Waals surface area (Å²) in [5.41, 5.74) is 1.68. The van der Waals surface area contributed by atoms with Crippen LogP contribution in [0.3, 0.4) is 0 Å². The van der Waals surface area contributed by atoms with Gasteiger partial charge in [-0.15, -0.1) is 0 Å². The van der Waals surface area contributed by atoms with Gasteiger partial charge in [-0.1, -0.05) is 37.3 Å². The van der Waals surface area contributed by atoms with Crippen molar-refractivity contribution in [2.24, 2.45) is 0 Å². The zero-order chi connectivity index (χ0) is 15.1. The average molecular weight is 287 g/mol. The lowest BCUT2D eigenvalue weighted by atomic mass is 9.98. The van der Waals surface area contributed by atoms with Gasteiger partial charge in [0.25, 0.3) is 0 Å². The van der Waals surface area contributed by atoms with Gasteiger partial charge in [-0.2, -0.15) is 0 Å². The Kier molecular flexibility index (Phi) is 5.76. The maximum atomic E-state index is 14.1. The smallest absolute Gasteiger partial charge is 0.128 e. The lowest BCUT2D eigenvalue weighted by Gasteiger charge is -2.21. The molecule has 0 aromatic heterocycles. The molecule has 2 aromatic rings. The Balaban J connectivity index is 2.36. The summed E-state index contributed by atoms with van der Waals surface area (Å²) in [6.07, 6.45) is 0.996. The van der Waals surface area contributed by atoms with Gasteiger partial charge in [-0.25, -0.2) is 4.39 Å². The summed E-state index contributed by atoms with van der Waals surface area (Å²) >= 11 is 0. The Hall–Kier alpha value is -1.87. The van der Waals surface area contributed by atoms with Gasteiger partial charge in [0.2, 0.25) is 0 Å². The summed E-state index contributed by atoms with van der Waals surface area (Å²) in [4.78, 5) is 0. The van der Waals surface area contributed by atoms with Crippen molar-refractivity contribution in [1.82, 2.24) is 5.32 Å². The first-order valence-corrected chi connectivity index (χ1v) is 7.46. The number of benzene rings is 2. The predicted molar refractivity (Wildman–Crippen MR) is 84.1 cm³/mol. The normalized spacial score (nSPS) is 12.1. The monoisotopic (exact) mass is 287 g/mol. The molecule has 0 saturated heterocycles. The Labute approximate surface area is 126 Å². The second-order valence-electron chi connectivity index (χ2n) is 4.91. The third-order valence-electron chi connectivity index (χ3n) is 3.32. The van der Waals surface area contributed by atoms with Crippen molar-refractivity contribution in [2.75, 3.05) is 13.2 Å². The molecular formula is C18H22FNO. The molecule has 2 rings (SSSR count). The second kappa shape index (κ2) is 7.79. The molecule has 0 bridgehead atoms. The highest BCUT2D eigenvalue weighted by Gasteiger charge is 2.17. The summed E-state index contributed by atoms with van der Waals surface area (Å²) in [7, 11) is 0. The van der Waals surface area contributed by atoms with E-state index in [4.69, 9.17) is 4.74 Å². The first-order valence-electron chi connectivity index (χ1n) is 7.46. The molecule has 1 unspecified atom stereocenters.